The lowest BCUT2D eigenvalue weighted by molar-refractivity contribution is 0.0661. The van der Waals surface area contributed by atoms with Gasteiger partial charge in [-0.3, -0.25) is 9.36 Å². The molecule has 5 heteroatoms. The van der Waals surface area contributed by atoms with E-state index in [-0.39, 0.29) is 17.4 Å². The van der Waals surface area contributed by atoms with Crippen LogP contribution < -0.4 is 5.56 Å². The minimum atomic E-state index is -0.180. The highest BCUT2D eigenvalue weighted by atomic mass is 35.5. The maximum atomic E-state index is 11.3. The van der Waals surface area contributed by atoms with Crippen LogP contribution >= 0.6 is 11.6 Å². The summed E-state index contributed by atoms with van der Waals surface area (Å²) in [5.41, 5.74) is -0.180. The Morgan fingerprint density at radius 3 is 3.07 bits per heavy atom. The molecule has 1 aliphatic rings. The van der Waals surface area contributed by atoms with Crippen LogP contribution in [0.25, 0.3) is 0 Å². The van der Waals surface area contributed by atoms with E-state index >= 15 is 0 Å². The molecule has 2 rings (SSSR count). The number of hydrogen-bond donors (Lipinski definition) is 0. The molecule has 0 unspecified atom stereocenters. The largest absolute Gasteiger partial charge is 0.360 e. The van der Waals surface area contributed by atoms with Gasteiger partial charge < -0.3 is 4.74 Å². The van der Waals surface area contributed by atoms with Gasteiger partial charge in [0.25, 0.3) is 5.56 Å². The van der Waals surface area contributed by atoms with Crippen molar-refractivity contribution in [2.45, 2.75) is 19.6 Å². The third-order valence-corrected chi connectivity index (χ3v) is 2.33. The van der Waals surface area contributed by atoms with Gasteiger partial charge in [0.2, 0.25) is 0 Å². The zero-order valence-corrected chi connectivity index (χ0v) is 8.41. The van der Waals surface area contributed by atoms with Crippen LogP contribution in [0.4, 0.5) is 0 Å². The van der Waals surface area contributed by atoms with E-state index in [9.17, 15) is 4.79 Å². The minimum Gasteiger partial charge on any atom is -0.360 e. The Bertz CT molecular complexity index is 373. The van der Waals surface area contributed by atoms with Gasteiger partial charge >= 0.3 is 0 Å². The van der Waals surface area contributed by atoms with E-state index in [0.29, 0.717) is 5.92 Å². The van der Waals surface area contributed by atoms with Gasteiger partial charge in [0, 0.05) is 6.07 Å². The summed E-state index contributed by atoms with van der Waals surface area (Å²) in [6.45, 7) is 0.995. The number of ether oxygens (including phenoxy) is 1. The smallest absolute Gasteiger partial charge is 0.256 e. The molecule has 14 heavy (non-hydrogen) atoms. The number of rotatable bonds is 4. The molecule has 0 bridgehead atoms. The Hall–Kier alpha value is -0.870. The van der Waals surface area contributed by atoms with Crippen LogP contribution in [0.1, 0.15) is 12.8 Å². The summed E-state index contributed by atoms with van der Waals surface area (Å²) in [6, 6.07) is 1.28. The molecule has 0 amide bonds. The second-order valence-electron chi connectivity index (χ2n) is 3.46. The van der Waals surface area contributed by atoms with Crippen molar-refractivity contribution in [1.82, 2.24) is 9.55 Å². The van der Waals surface area contributed by atoms with Crippen LogP contribution in [0.2, 0.25) is 5.15 Å². The van der Waals surface area contributed by atoms with Gasteiger partial charge in [0.1, 0.15) is 18.2 Å². The molecule has 1 aromatic heterocycles. The average molecular weight is 215 g/mol. The first-order valence-electron chi connectivity index (χ1n) is 4.55. The van der Waals surface area contributed by atoms with E-state index in [1.54, 1.807) is 0 Å². The summed E-state index contributed by atoms with van der Waals surface area (Å²) in [5.74, 6) is 0.700. The average Bonchev–Trinajstić information content (AvgIpc) is 2.92. The van der Waals surface area contributed by atoms with E-state index in [0.717, 1.165) is 6.61 Å². The van der Waals surface area contributed by atoms with Crippen molar-refractivity contribution in [3.8, 4) is 0 Å². The number of halogens is 1. The molecule has 76 valence electrons. The third-order valence-electron chi connectivity index (χ3n) is 2.13. The van der Waals surface area contributed by atoms with Crippen LogP contribution in [0.15, 0.2) is 17.2 Å². The van der Waals surface area contributed by atoms with E-state index in [1.807, 2.05) is 0 Å². The second kappa shape index (κ2) is 4.11. The van der Waals surface area contributed by atoms with E-state index in [4.69, 9.17) is 16.3 Å². The van der Waals surface area contributed by atoms with Crippen molar-refractivity contribution in [1.29, 1.82) is 0 Å². The Labute approximate surface area is 86.5 Å². The van der Waals surface area contributed by atoms with Gasteiger partial charge in [-0.25, -0.2) is 4.98 Å². The maximum absolute atomic E-state index is 11.3. The highest BCUT2D eigenvalue weighted by Gasteiger charge is 2.21. The van der Waals surface area contributed by atoms with Gasteiger partial charge in [-0.2, -0.15) is 0 Å². The van der Waals surface area contributed by atoms with Crippen molar-refractivity contribution in [2.24, 2.45) is 5.92 Å². The fourth-order valence-electron chi connectivity index (χ4n) is 1.10. The summed E-state index contributed by atoms with van der Waals surface area (Å²) in [5, 5.41) is 0.216. The van der Waals surface area contributed by atoms with Gasteiger partial charge in [-0.05, 0) is 18.8 Å². The van der Waals surface area contributed by atoms with Gasteiger partial charge in [-0.15, -0.1) is 0 Å². The highest BCUT2D eigenvalue weighted by molar-refractivity contribution is 6.29. The quantitative estimate of drug-likeness (QED) is 0.710. The Kier molecular flexibility index (Phi) is 2.84. The summed E-state index contributed by atoms with van der Waals surface area (Å²) >= 11 is 5.55. The van der Waals surface area contributed by atoms with Crippen molar-refractivity contribution < 1.29 is 4.74 Å². The van der Waals surface area contributed by atoms with Gasteiger partial charge in [0.15, 0.2) is 0 Å². The number of nitrogens with zero attached hydrogens (tertiary/aromatic N) is 2. The molecule has 1 aromatic rings. The zero-order chi connectivity index (χ0) is 9.97. The summed E-state index contributed by atoms with van der Waals surface area (Å²) in [7, 11) is 0. The van der Waals surface area contributed by atoms with E-state index in [1.165, 1.54) is 29.8 Å². The molecule has 0 aliphatic heterocycles. The molecule has 0 saturated heterocycles. The molecule has 0 radical (unpaired) electrons. The second-order valence-corrected chi connectivity index (χ2v) is 3.85. The summed E-state index contributed by atoms with van der Waals surface area (Å²) in [6.07, 6.45) is 3.89. The van der Waals surface area contributed by atoms with Gasteiger partial charge in [-0.1, -0.05) is 11.6 Å². The first-order chi connectivity index (χ1) is 6.75. The standard InChI is InChI=1S/C9H11ClN2O2/c10-8-3-9(13)12(5-11-8)6-14-4-7-1-2-7/h3,5,7H,1-2,4,6H2. The maximum Gasteiger partial charge on any atom is 0.256 e. The van der Waals surface area contributed by atoms with Crippen LogP contribution in [-0.2, 0) is 11.5 Å². The molecule has 0 spiro atoms. The predicted octanol–water partition coefficient (Wildman–Crippen LogP) is 1.28. The van der Waals surface area contributed by atoms with Crippen molar-refractivity contribution in [2.75, 3.05) is 6.61 Å². The van der Waals surface area contributed by atoms with Crippen molar-refractivity contribution in [3.05, 3.63) is 27.9 Å². The topological polar surface area (TPSA) is 44.1 Å². The lowest BCUT2D eigenvalue weighted by Crippen LogP contribution is -2.21. The zero-order valence-electron chi connectivity index (χ0n) is 7.65. The molecular formula is C9H11ClN2O2. The SMILES string of the molecule is O=c1cc(Cl)ncn1COCC1CC1. The predicted molar refractivity (Wildman–Crippen MR) is 52.2 cm³/mol. The summed E-state index contributed by atoms with van der Waals surface area (Å²) < 4.78 is 6.74. The molecule has 4 nitrogen and oxygen atoms in total. The van der Waals surface area contributed by atoms with Crippen molar-refractivity contribution >= 4 is 11.6 Å². The first kappa shape index (κ1) is 9.68. The van der Waals surface area contributed by atoms with Gasteiger partial charge in [0.05, 0.1) is 6.61 Å². The Morgan fingerprint density at radius 1 is 1.64 bits per heavy atom. The fraction of sp³-hybridized carbons (Fsp3) is 0.556. The van der Waals surface area contributed by atoms with Crippen LogP contribution in [0.3, 0.4) is 0 Å². The van der Waals surface area contributed by atoms with E-state index < -0.39 is 0 Å². The molecule has 0 atom stereocenters. The Morgan fingerprint density at radius 2 is 2.43 bits per heavy atom. The molecule has 0 N–H and O–H groups in total. The first-order valence-corrected chi connectivity index (χ1v) is 4.93. The van der Waals surface area contributed by atoms with Crippen LogP contribution in [0, 0.1) is 5.92 Å². The minimum absolute atomic E-state index is 0.180. The van der Waals surface area contributed by atoms with Crippen LogP contribution in [0.5, 0.6) is 0 Å². The molecule has 1 saturated carbocycles. The molecule has 1 aliphatic carbocycles. The van der Waals surface area contributed by atoms with E-state index in [2.05, 4.69) is 4.98 Å². The molecule has 1 heterocycles. The lowest BCUT2D eigenvalue weighted by Gasteiger charge is -2.05. The van der Waals surface area contributed by atoms with Crippen LogP contribution in [-0.4, -0.2) is 16.2 Å². The Balaban J connectivity index is 1.91. The lowest BCUT2D eigenvalue weighted by atomic mass is 10.5. The van der Waals surface area contributed by atoms with Crippen molar-refractivity contribution in [3.63, 3.8) is 0 Å². The summed E-state index contributed by atoms with van der Waals surface area (Å²) in [4.78, 5) is 15.1. The third kappa shape index (κ3) is 2.56. The number of hydrogen-bond acceptors (Lipinski definition) is 3. The monoisotopic (exact) mass is 214 g/mol. The normalized spacial score (nSPS) is 15.8. The highest BCUT2D eigenvalue weighted by Crippen LogP contribution is 2.28. The molecule has 0 aromatic carbocycles. The molecule has 1 fully saturated rings. The number of aromatic nitrogens is 2. The fourth-order valence-corrected chi connectivity index (χ4v) is 1.24. The molecular weight excluding hydrogens is 204 g/mol.